The minimum absolute atomic E-state index is 0.335. The number of rotatable bonds is 7. The van der Waals surface area contributed by atoms with Crippen molar-refractivity contribution in [1.29, 1.82) is 0 Å². The molecule has 0 fully saturated rings. The molecule has 0 bridgehead atoms. The lowest BCUT2D eigenvalue weighted by Crippen LogP contribution is -2.30. The minimum atomic E-state index is 0.335. The van der Waals surface area contributed by atoms with Crippen LogP contribution >= 0.6 is 0 Å². The molecule has 5 nitrogen and oxygen atoms in total. The first kappa shape index (κ1) is 17.3. The number of nitrogens with zero attached hydrogens (tertiary/aromatic N) is 4. The molecular formula is C20H25N5. The first-order chi connectivity index (χ1) is 12.1. The zero-order chi connectivity index (χ0) is 17.6. The molecule has 0 spiro atoms. The van der Waals surface area contributed by atoms with Gasteiger partial charge in [-0.25, -0.2) is 0 Å². The van der Waals surface area contributed by atoms with Gasteiger partial charge in [-0.15, -0.1) is 0 Å². The molecule has 0 radical (unpaired) electrons. The second kappa shape index (κ2) is 8.05. The highest BCUT2D eigenvalue weighted by Gasteiger charge is 2.15. The van der Waals surface area contributed by atoms with E-state index in [-0.39, 0.29) is 0 Å². The number of aromatic nitrogens is 3. The molecule has 2 heterocycles. The Bertz CT molecular complexity index is 780. The fourth-order valence-corrected chi connectivity index (χ4v) is 3.04. The van der Waals surface area contributed by atoms with Gasteiger partial charge in [-0.3, -0.25) is 9.67 Å². The van der Waals surface area contributed by atoms with Crippen LogP contribution in [0.15, 0.2) is 61.1 Å². The number of benzene rings is 1. The van der Waals surface area contributed by atoms with Crippen LogP contribution < -0.4 is 5.32 Å². The van der Waals surface area contributed by atoms with E-state index in [0.29, 0.717) is 6.04 Å². The van der Waals surface area contributed by atoms with E-state index in [1.54, 1.807) is 12.4 Å². The lowest BCUT2D eigenvalue weighted by atomic mass is 10.1. The van der Waals surface area contributed by atoms with E-state index in [0.717, 1.165) is 24.3 Å². The summed E-state index contributed by atoms with van der Waals surface area (Å²) in [6.45, 7) is 1.66. The summed E-state index contributed by atoms with van der Waals surface area (Å²) < 4.78 is 1.87. The molecule has 0 unspecified atom stereocenters. The molecule has 1 atom stereocenters. The van der Waals surface area contributed by atoms with Gasteiger partial charge in [-0.05, 0) is 31.8 Å². The van der Waals surface area contributed by atoms with Crippen molar-refractivity contribution >= 4 is 0 Å². The molecule has 130 valence electrons. The molecule has 1 N–H and O–H groups in total. The Morgan fingerprint density at radius 1 is 1.08 bits per heavy atom. The smallest absolute Gasteiger partial charge is 0.0969 e. The number of aryl methyl sites for hydroxylation is 1. The summed E-state index contributed by atoms with van der Waals surface area (Å²) in [6.07, 6.45) is 5.69. The number of pyridine rings is 1. The van der Waals surface area contributed by atoms with Crippen molar-refractivity contribution in [2.75, 3.05) is 20.6 Å². The van der Waals surface area contributed by atoms with Gasteiger partial charge in [0.2, 0.25) is 0 Å². The van der Waals surface area contributed by atoms with E-state index in [1.165, 1.54) is 11.1 Å². The van der Waals surface area contributed by atoms with Crippen molar-refractivity contribution in [2.45, 2.75) is 12.6 Å². The predicted molar refractivity (Wildman–Crippen MR) is 101 cm³/mol. The Balaban J connectivity index is 1.70. The van der Waals surface area contributed by atoms with E-state index in [9.17, 15) is 0 Å². The van der Waals surface area contributed by atoms with Gasteiger partial charge in [0, 0.05) is 55.9 Å². The van der Waals surface area contributed by atoms with Crippen LogP contribution in [-0.2, 0) is 13.6 Å². The minimum Gasteiger partial charge on any atom is -0.311 e. The summed E-state index contributed by atoms with van der Waals surface area (Å²) in [6, 6.07) is 14.9. The van der Waals surface area contributed by atoms with E-state index >= 15 is 0 Å². The molecule has 0 aliphatic rings. The SMILES string of the molecule is CN(C)[C@@H](CNCc1cn(C)nc1-c1ccncc1)c1ccccc1. The molecule has 3 rings (SSSR count). The Morgan fingerprint density at radius 3 is 2.48 bits per heavy atom. The van der Waals surface area contributed by atoms with Gasteiger partial charge in [0.15, 0.2) is 0 Å². The molecule has 0 aliphatic heterocycles. The van der Waals surface area contributed by atoms with Crippen LogP contribution in [0.25, 0.3) is 11.3 Å². The first-order valence-corrected chi connectivity index (χ1v) is 8.50. The van der Waals surface area contributed by atoms with E-state index in [1.807, 2.05) is 23.9 Å². The van der Waals surface area contributed by atoms with E-state index < -0.39 is 0 Å². The highest BCUT2D eigenvalue weighted by molar-refractivity contribution is 5.61. The summed E-state index contributed by atoms with van der Waals surface area (Å²) in [5.74, 6) is 0. The molecule has 0 aliphatic carbocycles. The third-order valence-corrected chi connectivity index (χ3v) is 4.32. The lowest BCUT2D eigenvalue weighted by Gasteiger charge is -2.25. The van der Waals surface area contributed by atoms with Crippen molar-refractivity contribution in [1.82, 2.24) is 25.0 Å². The molecule has 3 aromatic rings. The molecule has 2 aromatic heterocycles. The monoisotopic (exact) mass is 335 g/mol. The van der Waals surface area contributed by atoms with Gasteiger partial charge < -0.3 is 10.2 Å². The van der Waals surface area contributed by atoms with Crippen molar-refractivity contribution in [3.05, 3.63) is 72.2 Å². The van der Waals surface area contributed by atoms with Gasteiger partial charge in [0.1, 0.15) is 0 Å². The molecule has 1 aromatic carbocycles. The van der Waals surface area contributed by atoms with Crippen molar-refractivity contribution in [3.63, 3.8) is 0 Å². The highest BCUT2D eigenvalue weighted by Crippen LogP contribution is 2.21. The molecule has 0 saturated heterocycles. The number of likely N-dealkylation sites (N-methyl/N-ethyl adjacent to an activating group) is 1. The van der Waals surface area contributed by atoms with E-state index in [2.05, 4.69) is 70.9 Å². The molecule has 5 heteroatoms. The molecular weight excluding hydrogens is 310 g/mol. The maximum Gasteiger partial charge on any atom is 0.0969 e. The zero-order valence-corrected chi connectivity index (χ0v) is 15.1. The third kappa shape index (κ3) is 4.32. The fraction of sp³-hybridized carbons (Fsp3) is 0.300. The lowest BCUT2D eigenvalue weighted by molar-refractivity contribution is 0.288. The Morgan fingerprint density at radius 2 is 1.80 bits per heavy atom. The van der Waals surface area contributed by atoms with Crippen LogP contribution in [0.4, 0.5) is 0 Å². The summed E-state index contributed by atoms with van der Waals surface area (Å²) >= 11 is 0. The number of hydrogen-bond acceptors (Lipinski definition) is 4. The quantitative estimate of drug-likeness (QED) is 0.721. The molecule has 0 saturated carbocycles. The molecule has 25 heavy (non-hydrogen) atoms. The third-order valence-electron chi connectivity index (χ3n) is 4.32. The van der Waals surface area contributed by atoms with Gasteiger partial charge in [0.25, 0.3) is 0 Å². The van der Waals surface area contributed by atoms with Gasteiger partial charge in [-0.1, -0.05) is 30.3 Å². The number of nitrogens with one attached hydrogen (secondary N) is 1. The second-order valence-electron chi connectivity index (χ2n) is 6.43. The van der Waals surface area contributed by atoms with Gasteiger partial charge in [0.05, 0.1) is 5.69 Å². The summed E-state index contributed by atoms with van der Waals surface area (Å²) in [7, 11) is 6.19. The van der Waals surface area contributed by atoms with Crippen molar-refractivity contribution < 1.29 is 0 Å². The summed E-state index contributed by atoms with van der Waals surface area (Å²) in [4.78, 5) is 6.34. The fourth-order valence-electron chi connectivity index (χ4n) is 3.04. The predicted octanol–water partition coefficient (Wildman–Crippen LogP) is 2.87. The normalized spacial score (nSPS) is 12.5. The van der Waals surface area contributed by atoms with Crippen LogP contribution in [0, 0.1) is 0 Å². The van der Waals surface area contributed by atoms with Crippen molar-refractivity contribution in [2.24, 2.45) is 7.05 Å². The highest BCUT2D eigenvalue weighted by atomic mass is 15.3. The number of hydrogen-bond donors (Lipinski definition) is 1. The Kier molecular flexibility index (Phi) is 5.58. The largest absolute Gasteiger partial charge is 0.311 e. The topological polar surface area (TPSA) is 46.0 Å². The maximum atomic E-state index is 4.61. The van der Waals surface area contributed by atoms with Crippen LogP contribution in [0.1, 0.15) is 17.2 Å². The van der Waals surface area contributed by atoms with Crippen LogP contribution in [0.2, 0.25) is 0 Å². The maximum absolute atomic E-state index is 4.61. The average Bonchev–Trinajstić information content (AvgIpc) is 3.00. The summed E-state index contributed by atoms with van der Waals surface area (Å²) in [5, 5.41) is 8.20. The Labute approximate surface area is 149 Å². The first-order valence-electron chi connectivity index (χ1n) is 8.50. The Hall–Kier alpha value is -2.50. The standard InChI is InChI=1S/C20H25N5/c1-24(2)19(16-7-5-4-6-8-16)14-22-13-18-15-25(3)23-20(18)17-9-11-21-12-10-17/h4-12,15,19,22H,13-14H2,1-3H3/t19-/m0/s1. The van der Waals surface area contributed by atoms with Gasteiger partial charge >= 0.3 is 0 Å². The second-order valence-corrected chi connectivity index (χ2v) is 6.43. The van der Waals surface area contributed by atoms with E-state index in [4.69, 9.17) is 0 Å². The van der Waals surface area contributed by atoms with Crippen LogP contribution in [0.3, 0.4) is 0 Å². The van der Waals surface area contributed by atoms with Crippen LogP contribution in [0.5, 0.6) is 0 Å². The van der Waals surface area contributed by atoms with Gasteiger partial charge in [-0.2, -0.15) is 5.10 Å². The molecule has 0 amide bonds. The van der Waals surface area contributed by atoms with Crippen molar-refractivity contribution in [3.8, 4) is 11.3 Å². The zero-order valence-electron chi connectivity index (χ0n) is 15.1. The van der Waals surface area contributed by atoms with Crippen LogP contribution in [-0.4, -0.2) is 40.3 Å². The average molecular weight is 335 g/mol. The summed E-state index contributed by atoms with van der Waals surface area (Å²) in [5.41, 5.74) is 4.62.